The maximum Gasteiger partial charge on any atom is 0.259 e. The van der Waals surface area contributed by atoms with Gasteiger partial charge in [0.1, 0.15) is 17.4 Å². The van der Waals surface area contributed by atoms with E-state index in [0.29, 0.717) is 17.2 Å². The van der Waals surface area contributed by atoms with E-state index >= 15 is 0 Å². The predicted octanol–water partition coefficient (Wildman–Crippen LogP) is 9.02. The van der Waals surface area contributed by atoms with Crippen LogP contribution in [0.1, 0.15) is 44.8 Å². The molecule has 1 N–H and O–H groups in total. The summed E-state index contributed by atoms with van der Waals surface area (Å²) in [5.41, 5.74) is 4.48. The number of hydrogen-bond donors (Lipinski definition) is 1. The van der Waals surface area contributed by atoms with Crippen molar-refractivity contribution in [1.82, 2.24) is 0 Å². The highest BCUT2D eigenvalue weighted by Crippen LogP contribution is 2.40. The largest absolute Gasteiger partial charge is 0.488 e. The second-order valence-corrected chi connectivity index (χ2v) is 11.1. The zero-order chi connectivity index (χ0) is 26.6. The van der Waals surface area contributed by atoms with Crippen molar-refractivity contribution in [3.63, 3.8) is 0 Å². The Morgan fingerprint density at radius 1 is 0.949 bits per heavy atom. The molecule has 6 heteroatoms. The zero-order valence-corrected chi connectivity index (χ0v) is 22.9. The number of carbonyl (C=O) groups excluding carboxylic acids is 1. The van der Waals surface area contributed by atoms with Crippen LogP contribution in [0, 0.1) is 0 Å². The highest BCUT2D eigenvalue weighted by molar-refractivity contribution is 7.16. The van der Waals surface area contributed by atoms with Gasteiger partial charge in [0.05, 0.1) is 5.56 Å². The molecule has 5 aromatic rings. The number of ether oxygens (including phenoxy) is 1. The molecule has 0 fully saturated rings. The Morgan fingerprint density at radius 3 is 2.64 bits per heavy atom. The van der Waals surface area contributed by atoms with E-state index in [1.54, 1.807) is 11.3 Å². The lowest BCUT2D eigenvalue weighted by atomic mass is 9.95. The summed E-state index contributed by atoms with van der Waals surface area (Å²) in [5, 5.41) is 6.64. The topological polar surface area (TPSA) is 50.7 Å². The second kappa shape index (κ2) is 11.4. The first-order valence-electron chi connectivity index (χ1n) is 13.1. The number of thiophene rings is 1. The molecule has 0 radical (unpaired) electrons. The van der Waals surface area contributed by atoms with Crippen LogP contribution in [0.3, 0.4) is 0 Å². The summed E-state index contributed by atoms with van der Waals surface area (Å²) < 4.78 is 6.29. The van der Waals surface area contributed by atoms with Crippen LogP contribution in [0.2, 0.25) is 5.02 Å². The molecule has 1 aromatic heterocycles. The van der Waals surface area contributed by atoms with Crippen LogP contribution in [-0.2, 0) is 19.4 Å². The highest BCUT2D eigenvalue weighted by atomic mass is 35.5. The van der Waals surface area contributed by atoms with Gasteiger partial charge in [0.25, 0.3) is 5.91 Å². The minimum atomic E-state index is -0.108. The van der Waals surface area contributed by atoms with E-state index in [-0.39, 0.29) is 5.91 Å². The number of nitrogens with one attached hydrogen (secondary N) is 1. The van der Waals surface area contributed by atoms with Gasteiger partial charge in [-0.1, -0.05) is 72.3 Å². The Labute approximate surface area is 236 Å². The molecular weight excluding hydrogens is 524 g/mol. The monoisotopic (exact) mass is 550 g/mol. The molecule has 39 heavy (non-hydrogen) atoms. The minimum Gasteiger partial charge on any atom is -0.488 e. The number of amides is 1. The summed E-state index contributed by atoms with van der Waals surface area (Å²) in [4.78, 5) is 19.8. The van der Waals surface area contributed by atoms with Gasteiger partial charge >= 0.3 is 0 Å². The highest BCUT2D eigenvalue weighted by Gasteiger charge is 2.25. The van der Waals surface area contributed by atoms with Crippen molar-refractivity contribution in [2.75, 3.05) is 5.32 Å². The number of para-hydroxylation sites is 1. The summed E-state index contributed by atoms with van der Waals surface area (Å²) in [6.07, 6.45) is 5.97. The Kier molecular flexibility index (Phi) is 7.44. The lowest BCUT2D eigenvalue weighted by Gasteiger charge is -2.13. The van der Waals surface area contributed by atoms with Crippen molar-refractivity contribution in [3.05, 3.63) is 123 Å². The van der Waals surface area contributed by atoms with E-state index in [4.69, 9.17) is 21.3 Å². The smallest absolute Gasteiger partial charge is 0.259 e. The molecule has 6 rings (SSSR count). The molecule has 1 heterocycles. The maximum absolute atomic E-state index is 13.5. The first kappa shape index (κ1) is 25.4. The molecule has 1 aliphatic rings. The molecule has 0 saturated heterocycles. The number of hydrogen-bond acceptors (Lipinski definition) is 4. The van der Waals surface area contributed by atoms with Gasteiger partial charge < -0.3 is 10.1 Å². The van der Waals surface area contributed by atoms with Crippen molar-refractivity contribution < 1.29 is 9.53 Å². The number of nitrogens with zero attached hydrogens (tertiary/aromatic N) is 1. The van der Waals surface area contributed by atoms with Crippen LogP contribution in [0.5, 0.6) is 5.75 Å². The molecule has 0 saturated carbocycles. The van der Waals surface area contributed by atoms with Crippen LogP contribution in [0.4, 0.5) is 10.7 Å². The van der Waals surface area contributed by atoms with Crippen molar-refractivity contribution in [2.45, 2.75) is 32.3 Å². The van der Waals surface area contributed by atoms with Gasteiger partial charge in [-0.15, -0.1) is 11.3 Å². The fourth-order valence-corrected chi connectivity index (χ4v) is 6.48. The Bertz CT molecular complexity index is 1680. The number of rotatable bonds is 7. The molecule has 1 aliphatic carbocycles. The van der Waals surface area contributed by atoms with Gasteiger partial charge in [-0.3, -0.25) is 4.79 Å². The minimum absolute atomic E-state index is 0.108. The quantitative estimate of drug-likeness (QED) is 0.205. The number of carbonyl (C=O) groups is 1. The summed E-state index contributed by atoms with van der Waals surface area (Å²) in [7, 11) is 0. The van der Waals surface area contributed by atoms with Gasteiger partial charge in [0, 0.05) is 27.4 Å². The standard InChI is InChI=1S/C33H27ClN2O2S/c34-24-11-8-9-22(19-24)21-38-29-18-17-23-10-4-5-14-26(23)28(29)20-35-33-31(27-15-6-7-16-30(27)39-33)32(37)36-25-12-2-1-3-13-25/h1-5,8-14,17-20H,6-7,15-16,21H2,(H,36,37). The third-order valence-electron chi connectivity index (χ3n) is 6.94. The molecule has 0 aliphatic heterocycles. The third kappa shape index (κ3) is 5.60. The molecule has 194 valence electrons. The van der Waals surface area contributed by atoms with Crippen LogP contribution in [0.15, 0.2) is 96.0 Å². The van der Waals surface area contributed by atoms with E-state index < -0.39 is 0 Å². The molecule has 0 atom stereocenters. The van der Waals surface area contributed by atoms with Crippen molar-refractivity contribution in [3.8, 4) is 5.75 Å². The molecule has 4 nitrogen and oxygen atoms in total. The van der Waals surface area contributed by atoms with E-state index in [1.165, 1.54) is 4.88 Å². The summed E-state index contributed by atoms with van der Waals surface area (Å²) in [5.74, 6) is 0.622. The fraction of sp³-hybridized carbons (Fsp3) is 0.152. The van der Waals surface area contributed by atoms with Gasteiger partial charge in [0.2, 0.25) is 0 Å². The second-order valence-electron chi connectivity index (χ2n) is 9.59. The Hall–Kier alpha value is -3.93. The van der Waals surface area contributed by atoms with Gasteiger partial charge in [-0.2, -0.15) is 0 Å². The number of halogens is 1. The van der Waals surface area contributed by atoms with E-state index in [1.807, 2.05) is 79.0 Å². The number of fused-ring (bicyclic) bond motifs is 2. The average Bonchev–Trinajstić information content (AvgIpc) is 3.34. The normalized spacial score (nSPS) is 12.9. The molecule has 0 unspecified atom stereocenters. The van der Waals surface area contributed by atoms with Crippen LogP contribution in [0.25, 0.3) is 10.8 Å². The van der Waals surface area contributed by atoms with Crippen molar-refractivity contribution in [1.29, 1.82) is 0 Å². The van der Waals surface area contributed by atoms with E-state index in [0.717, 1.165) is 69.6 Å². The molecule has 0 bridgehead atoms. The zero-order valence-electron chi connectivity index (χ0n) is 21.3. The van der Waals surface area contributed by atoms with E-state index in [9.17, 15) is 4.79 Å². The first-order chi connectivity index (χ1) is 19.2. The SMILES string of the molecule is O=C(Nc1ccccc1)c1c(N=Cc2c(OCc3cccc(Cl)c3)ccc3ccccc23)sc2c1CCCC2. The van der Waals surface area contributed by atoms with Gasteiger partial charge in [-0.05, 0) is 77.9 Å². The maximum atomic E-state index is 13.5. The molecule has 1 amide bonds. The first-order valence-corrected chi connectivity index (χ1v) is 14.3. The molecule has 4 aromatic carbocycles. The summed E-state index contributed by atoms with van der Waals surface area (Å²) in [6, 6.07) is 29.5. The summed E-state index contributed by atoms with van der Waals surface area (Å²) in [6.45, 7) is 0.387. The van der Waals surface area contributed by atoms with Gasteiger partial charge in [0.15, 0.2) is 0 Å². The molecule has 0 spiro atoms. The predicted molar refractivity (Wildman–Crippen MR) is 162 cm³/mol. The van der Waals surface area contributed by atoms with E-state index in [2.05, 4.69) is 23.5 Å². The number of anilines is 1. The lowest BCUT2D eigenvalue weighted by Crippen LogP contribution is -2.14. The third-order valence-corrected chi connectivity index (χ3v) is 8.37. The Balaban J connectivity index is 1.38. The fourth-order valence-electron chi connectivity index (χ4n) is 5.04. The van der Waals surface area contributed by atoms with Crippen molar-refractivity contribution in [2.24, 2.45) is 4.99 Å². The van der Waals surface area contributed by atoms with Crippen LogP contribution < -0.4 is 10.1 Å². The van der Waals surface area contributed by atoms with Crippen molar-refractivity contribution >= 4 is 56.5 Å². The number of aliphatic imine (C=N–C) groups is 1. The Morgan fingerprint density at radius 2 is 1.77 bits per heavy atom. The lowest BCUT2D eigenvalue weighted by molar-refractivity contribution is 0.102. The number of benzene rings is 4. The average molecular weight is 551 g/mol. The number of aryl methyl sites for hydroxylation is 1. The summed E-state index contributed by atoms with van der Waals surface area (Å²) >= 11 is 7.81. The molecular formula is C33H27ClN2O2S. The van der Waals surface area contributed by atoms with Gasteiger partial charge in [-0.25, -0.2) is 4.99 Å². The van der Waals surface area contributed by atoms with Crippen LogP contribution in [-0.4, -0.2) is 12.1 Å². The van der Waals surface area contributed by atoms with Crippen LogP contribution >= 0.6 is 22.9 Å².